The van der Waals surface area contributed by atoms with Gasteiger partial charge in [-0.3, -0.25) is 4.79 Å². The molecule has 0 aliphatic carbocycles. The van der Waals surface area contributed by atoms with Crippen LogP contribution < -0.4 is 5.56 Å². The van der Waals surface area contributed by atoms with Crippen LogP contribution >= 0.6 is 11.8 Å². The number of fused-ring (bicyclic) bond motifs is 2. The van der Waals surface area contributed by atoms with Crippen molar-refractivity contribution in [1.29, 1.82) is 0 Å². The quantitative estimate of drug-likeness (QED) is 0.224. The monoisotopic (exact) mass is 458 g/mol. The lowest BCUT2D eigenvalue weighted by atomic mass is 10.1. The number of hydrogen-bond acceptors (Lipinski definition) is 5. The fourth-order valence-electron chi connectivity index (χ4n) is 4.09. The highest BCUT2D eigenvalue weighted by molar-refractivity contribution is 7.98. The number of H-pyrrole nitrogens is 2. The van der Waals surface area contributed by atoms with Gasteiger partial charge in [0.05, 0.1) is 16.7 Å². The van der Waals surface area contributed by atoms with E-state index in [1.54, 1.807) is 17.8 Å². The molecule has 5 rings (SSSR count). The Labute approximate surface area is 195 Å². The third kappa shape index (κ3) is 4.43. The number of nitrogens with zero attached hydrogens (tertiary/aromatic N) is 4. The number of para-hydroxylation sites is 2. The van der Waals surface area contributed by atoms with Crippen molar-refractivity contribution in [3.63, 3.8) is 0 Å². The maximum absolute atomic E-state index is 12.4. The van der Waals surface area contributed by atoms with E-state index >= 15 is 0 Å². The van der Waals surface area contributed by atoms with Crippen molar-refractivity contribution in [2.75, 3.05) is 0 Å². The molecule has 0 unspecified atom stereocenters. The van der Waals surface area contributed by atoms with Crippen LogP contribution in [0.4, 0.5) is 0 Å². The van der Waals surface area contributed by atoms with E-state index in [4.69, 9.17) is 0 Å². The van der Waals surface area contributed by atoms with Gasteiger partial charge in [0.2, 0.25) is 0 Å². The van der Waals surface area contributed by atoms with Crippen LogP contribution in [0.25, 0.3) is 33.2 Å². The van der Waals surface area contributed by atoms with Gasteiger partial charge >= 0.3 is 0 Å². The molecule has 33 heavy (non-hydrogen) atoms. The molecule has 0 fully saturated rings. The number of nitrogens with one attached hydrogen (secondary N) is 2. The van der Waals surface area contributed by atoms with Gasteiger partial charge in [-0.25, -0.2) is 4.98 Å². The molecule has 0 bridgehead atoms. The zero-order valence-corrected chi connectivity index (χ0v) is 19.4. The number of hydrogen-bond donors (Lipinski definition) is 2. The fraction of sp³-hybridized carbons (Fsp3) is 0.280. The number of unbranched alkanes of at least 4 members (excludes halogenated alkanes) is 3. The molecule has 0 amide bonds. The van der Waals surface area contributed by atoms with Crippen molar-refractivity contribution in [3.8, 4) is 11.4 Å². The lowest BCUT2D eigenvalue weighted by molar-refractivity contribution is 0.556. The summed E-state index contributed by atoms with van der Waals surface area (Å²) in [6, 6.07) is 15.6. The first-order valence-electron chi connectivity index (χ1n) is 11.3. The van der Waals surface area contributed by atoms with Crippen LogP contribution in [0.2, 0.25) is 0 Å². The average molecular weight is 459 g/mol. The van der Waals surface area contributed by atoms with E-state index in [1.807, 2.05) is 36.5 Å². The van der Waals surface area contributed by atoms with E-state index in [2.05, 4.69) is 48.8 Å². The van der Waals surface area contributed by atoms with Crippen molar-refractivity contribution in [1.82, 2.24) is 29.7 Å². The Hall–Kier alpha value is -3.39. The summed E-state index contributed by atoms with van der Waals surface area (Å²) in [6.45, 7) is 3.07. The minimum absolute atomic E-state index is 0.114. The Morgan fingerprint density at radius 2 is 1.79 bits per heavy atom. The van der Waals surface area contributed by atoms with E-state index in [1.165, 1.54) is 19.3 Å². The second kappa shape index (κ2) is 9.62. The number of thioether (sulfide) groups is 1. The zero-order valence-electron chi connectivity index (χ0n) is 18.5. The zero-order chi connectivity index (χ0) is 22.6. The normalized spacial score (nSPS) is 11.5. The number of benzene rings is 2. The maximum Gasteiger partial charge on any atom is 0.258 e. The molecule has 0 aliphatic rings. The third-order valence-corrected chi connectivity index (χ3v) is 6.76. The number of aromatic nitrogens is 6. The van der Waals surface area contributed by atoms with Crippen LogP contribution in [0, 0.1) is 0 Å². The maximum atomic E-state index is 12.4. The summed E-state index contributed by atoms with van der Waals surface area (Å²) in [5.74, 6) is 2.02. The van der Waals surface area contributed by atoms with Crippen molar-refractivity contribution in [2.45, 2.75) is 50.1 Å². The minimum Gasteiger partial charge on any atom is -0.360 e. The van der Waals surface area contributed by atoms with E-state index < -0.39 is 0 Å². The second-order valence-corrected chi connectivity index (χ2v) is 9.03. The summed E-state index contributed by atoms with van der Waals surface area (Å²) in [6.07, 6.45) is 6.66. The van der Waals surface area contributed by atoms with Crippen molar-refractivity contribution in [3.05, 3.63) is 70.9 Å². The molecule has 8 heteroatoms. The predicted octanol–water partition coefficient (Wildman–Crippen LogP) is 5.54. The van der Waals surface area contributed by atoms with Crippen molar-refractivity contribution >= 4 is 33.6 Å². The van der Waals surface area contributed by atoms with Crippen LogP contribution in [0.1, 0.15) is 38.4 Å². The van der Waals surface area contributed by atoms with Crippen LogP contribution in [-0.4, -0.2) is 29.7 Å². The van der Waals surface area contributed by atoms with Gasteiger partial charge in [-0.2, -0.15) is 0 Å². The minimum atomic E-state index is -0.114. The third-order valence-electron chi connectivity index (χ3n) is 5.78. The van der Waals surface area contributed by atoms with Gasteiger partial charge in [-0.05, 0) is 24.6 Å². The Morgan fingerprint density at radius 1 is 0.970 bits per heavy atom. The van der Waals surface area contributed by atoms with E-state index in [0.29, 0.717) is 22.5 Å². The highest BCUT2D eigenvalue weighted by Crippen LogP contribution is 2.31. The fourth-order valence-corrected chi connectivity index (χ4v) is 4.92. The molecule has 168 valence electrons. The summed E-state index contributed by atoms with van der Waals surface area (Å²) in [5.41, 5.74) is 2.73. The largest absolute Gasteiger partial charge is 0.360 e. The lowest BCUT2D eigenvalue weighted by Crippen LogP contribution is -2.11. The summed E-state index contributed by atoms with van der Waals surface area (Å²) < 4.78 is 2.20. The van der Waals surface area contributed by atoms with E-state index in [0.717, 1.165) is 40.4 Å². The Morgan fingerprint density at radius 3 is 2.67 bits per heavy atom. The SMILES string of the molecule is CCCCCCn1c(SCc2nc3ccccc3c(=O)[nH]2)nnc1-c1c[nH]c2ccccc12. The molecule has 0 saturated heterocycles. The molecule has 5 aromatic rings. The van der Waals surface area contributed by atoms with Crippen molar-refractivity contribution in [2.24, 2.45) is 0 Å². The van der Waals surface area contributed by atoms with E-state index in [-0.39, 0.29) is 5.56 Å². The highest BCUT2D eigenvalue weighted by atomic mass is 32.2. The molecule has 3 heterocycles. The van der Waals surface area contributed by atoms with Gasteiger partial charge in [0.1, 0.15) is 5.82 Å². The summed E-state index contributed by atoms with van der Waals surface area (Å²) in [4.78, 5) is 23.3. The number of rotatable bonds is 9. The smallest absolute Gasteiger partial charge is 0.258 e. The van der Waals surface area contributed by atoms with Gasteiger partial charge < -0.3 is 14.5 Å². The molecule has 2 N–H and O–H groups in total. The first-order chi connectivity index (χ1) is 16.2. The predicted molar refractivity (Wildman–Crippen MR) is 133 cm³/mol. The summed E-state index contributed by atoms with van der Waals surface area (Å²) >= 11 is 1.55. The molecular weight excluding hydrogens is 432 g/mol. The van der Waals surface area contributed by atoms with Gasteiger partial charge in [0.25, 0.3) is 5.56 Å². The van der Waals surface area contributed by atoms with E-state index in [9.17, 15) is 4.79 Å². The van der Waals surface area contributed by atoms with Gasteiger partial charge in [-0.1, -0.05) is 68.3 Å². The second-order valence-electron chi connectivity index (χ2n) is 8.08. The molecule has 3 aromatic heterocycles. The first-order valence-corrected chi connectivity index (χ1v) is 12.3. The molecule has 2 aromatic carbocycles. The topological polar surface area (TPSA) is 92.2 Å². The molecule has 0 spiro atoms. The van der Waals surface area contributed by atoms with Gasteiger partial charge in [0, 0.05) is 29.2 Å². The molecule has 0 saturated carbocycles. The van der Waals surface area contributed by atoms with Crippen LogP contribution in [-0.2, 0) is 12.3 Å². The van der Waals surface area contributed by atoms with Crippen LogP contribution in [0.15, 0.2) is 64.7 Å². The highest BCUT2D eigenvalue weighted by Gasteiger charge is 2.18. The van der Waals surface area contributed by atoms with Crippen molar-refractivity contribution < 1.29 is 0 Å². The molecule has 0 radical (unpaired) electrons. The van der Waals surface area contributed by atoms with Gasteiger partial charge in [-0.15, -0.1) is 10.2 Å². The first kappa shape index (κ1) is 21.5. The molecule has 7 nitrogen and oxygen atoms in total. The van der Waals surface area contributed by atoms with Gasteiger partial charge in [0.15, 0.2) is 11.0 Å². The Bertz CT molecular complexity index is 1450. The Kier molecular flexibility index (Phi) is 6.26. The average Bonchev–Trinajstić information content (AvgIpc) is 3.44. The summed E-state index contributed by atoms with van der Waals surface area (Å²) in [5, 5.41) is 11.7. The standard InChI is InChI=1S/C25H26N6OS/c1-2-3-4-9-14-31-23(19-15-26-20-12-7-5-10-17(19)20)29-30-25(31)33-16-22-27-21-13-8-6-11-18(21)24(32)28-22/h5-8,10-13,15,26H,2-4,9,14,16H2,1H3,(H,27,28,32). The van der Waals surface area contributed by atoms with Crippen LogP contribution in [0.3, 0.4) is 0 Å². The van der Waals surface area contributed by atoms with Crippen LogP contribution in [0.5, 0.6) is 0 Å². The number of aromatic amines is 2. The molecule has 0 aliphatic heterocycles. The summed E-state index contributed by atoms with van der Waals surface area (Å²) in [7, 11) is 0. The Balaban J connectivity index is 1.45. The lowest BCUT2D eigenvalue weighted by Gasteiger charge is -2.10. The molecular formula is C25H26N6OS. The molecule has 0 atom stereocenters.